The van der Waals surface area contributed by atoms with E-state index in [2.05, 4.69) is 0 Å². The van der Waals surface area contributed by atoms with Gasteiger partial charge in [-0.3, -0.25) is 4.79 Å². The third-order valence-electron chi connectivity index (χ3n) is 2.83. The van der Waals surface area contributed by atoms with Gasteiger partial charge < -0.3 is 9.47 Å². The van der Waals surface area contributed by atoms with Crippen molar-refractivity contribution in [1.82, 2.24) is 0 Å². The molecule has 0 spiro atoms. The molecule has 2 aromatic rings. The first-order valence-electron chi connectivity index (χ1n) is 5.79. The monoisotopic (exact) mass is 294 g/mol. The molecule has 0 aliphatic rings. The van der Waals surface area contributed by atoms with Gasteiger partial charge in [-0.05, 0) is 18.2 Å². The number of halogens is 2. The fraction of sp³-hybridized carbons (Fsp3) is 0.133. The van der Waals surface area contributed by atoms with Crippen LogP contribution in [0.15, 0.2) is 36.4 Å². The first kappa shape index (κ1) is 14.3. The summed E-state index contributed by atoms with van der Waals surface area (Å²) in [5.74, 6) is -0.446. The topological polar surface area (TPSA) is 35.5 Å². The van der Waals surface area contributed by atoms with Crippen molar-refractivity contribution in [2.24, 2.45) is 0 Å². The highest BCUT2D eigenvalue weighted by Crippen LogP contribution is 2.34. The SMILES string of the molecule is COc1cc(Cl)c(C(=O)c2ccccc2F)c(OC)c1. The lowest BCUT2D eigenvalue weighted by atomic mass is 10.0. The molecule has 5 heteroatoms. The van der Waals surface area contributed by atoms with Gasteiger partial charge in [0.05, 0.1) is 30.4 Å². The van der Waals surface area contributed by atoms with E-state index in [0.29, 0.717) is 5.75 Å². The van der Waals surface area contributed by atoms with E-state index in [1.165, 1.54) is 44.6 Å². The Hall–Kier alpha value is -2.07. The number of hydrogen-bond donors (Lipinski definition) is 0. The summed E-state index contributed by atoms with van der Waals surface area (Å²) < 4.78 is 23.9. The van der Waals surface area contributed by atoms with Crippen LogP contribution in [0.4, 0.5) is 4.39 Å². The fourth-order valence-corrected chi connectivity index (χ4v) is 2.12. The highest BCUT2D eigenvalue weighted by Gasteiger charge is 2.22. The number of ketones is 1. The fourth-order valence-electron chi connectivity index (χ4n) is 1.84. The molecule has 2 aromatic carbocycles. The Balaban J connectivity index is 2.58. The van der Waals surface area contributed by atoms with Crippen LogP contribution in [-0.2, 0) is 0 Å². The zero-order valence-corrected chi connectivity index (χ0v) is 11.7. The van der Waals surface area contributed by atoms with E-state index in [1.54, 1.807) is 6.07 Å². The summed E-state index contributed by atoms with van der Waals surface area (Å²) in [4.78, 5) is 12.4. The van der Waals surface area contributed by atoms with Crippen LogP contribution in [0.25, 0.3) is 0 Å². The van der Waals surface area contributed by atoms with E-state index in [0.717, 1.165) is 0 Å². The minimum Gasteiger partial charge on any atom is -0.497 e. The normalized spacial score (nSPS) is 10.2. The molecule has 3 nitrogen and oxygen atoms in total. The Kier molecular flexibility index (Phi) is 4.25. The van der Waals surface area contributed by atoms with E-state index in [-0.39, 0.29) is 21.9 Å². The third-order valence-corrected chi connectivity index (χ3v) is 3.13. The lowest BCUT2D eigenvalue weighted by molar-refractivity contribution is 0.103. The molecule has 0 heterocycles. The van der Waals surface area contributed by atoms with Crippen molar-refractivity contribution in [2.75, 3.05) is 14.2 Å². The van der Waals surface area contributed by atoms with E-state index in [1.807, 2.05) is 0 Å². The van der Waals surface area contributed by atoms with Crippen LogP contribution in [0.5, 0.6) is 11.5 Å². The van der Waals surface area contributed by atoms with Crippen molar-refractivity contribution in [3.63, 3.8) is 0 Å². The number of hydrogen-bond acceptors (Lipinski definition) is 3. The lowest BCUT2D eigenvalue weighted by Gasteiger charge is -2.12. The summed E-state index contributed by atoms with van der Waals surface area (Å²) >= 11 is 6.09. The summed E-state index contributed by atoms with van der Waals surface area (Å²) in [5, 5.41) is 0.148. The average Bonchev–Trinajstić information content (AvgIpc) is 2.46. The molecule has 0 aliphatic carbocycles. The number of carbonyl (C=O) groups is 1. The third kappa shape index (κ3) is 2.60. The van der Waals surface area contributed by atoms with Crippen molar-refractivity contribution < 1.29 is 18.7 Å². The average molecular weight is 295 g/mol. The van der Waals surface area contributed by atoms with Gasteiger partial charge in [-0.2, -0.15) is 0 Å². The summed E-state index contributed by atoms with van der Waals surface area (Å²) in [6.45, 7) is 0. The first-order chi connectivity index (χ1) is 9.58. The van der Waals surface area contributed by atoms with Crippen LogP contribution in [0.3, 0.4) is 0 Å². The molecule has 0 atom stereocenters. The standard InChI is InChI=1S/C15H12ClFO3/c1-19-9-7-11(16)14(13(8-9)20-2)15(18)10-5-3-4-6-12(10)17/h3-8H,1-2H3. The van der Waals surface area contributed by atoms with Crippen LogP contribution in [-0.4, -0.2) is 20.0 Å². The molecule has 0 aliphatic heterocycles. The number of carbonyl (C=O) groups excluding carboxylic acids is 1. The second-order valence-corrected chi connectivity index (χ2v) is 4.40. The van der Waals surface area contributed by atoms with Gasteiger partial charge in [-0.25, -0.2) is 4.39 Å². The molecule has 0 amide bonds. The molecule has 0 bridgehead atoms. The second kappa shape index (κ2) is 5.92. The van der Waals surface area contributed by atoms with Gasteiger partial charge in [-0.1, -0.05) is 23.7 Å². The van der Waals surface area contributed by atoms with Crippen molar-refractivity contribution in [3.8, 4) is 11.5 Å². The molecular formula is C15H12ClFO3. The minimum atomic E-state index is -0.605. The highest BCUT2D eigenvalue weighted by atomic mass is 35.5. The Labute approximate surface area is 120 Å². The molecule has 0 aromatic heterocycles. The van der Waals surface area contributed by atoms with E-state index in [4.69, 9.17) is 21.1 Å². The van der Waals surface area contributed by atoms with E-state index in [9.17, 15) is 9.18 Å². The Morgan fingerprint density at radius 1 is 1.15 bits per heavy atom. The zero-order chi connectivity index (χ0) is 14.7. The van der Waals surface area contributed by atoms with Gasteiger partial charge in [0, 0.05) is 6.07 Å². The Morgan fingerprint density at radius 3 is 2.45 bits per heavy atom. The summed E-state index contributed by atoms with van der Waals surface area (Å²) in [7, 11) is 2.88. The molecular weight excluding hydrogens is 283 g/mol. The van der Waals surface area contributed by atoms with Gasteiger partial charge in [0.25, 0.3) is 0 Å². The van der Waals surface area contributed by atoms with E-state index < -0.39 is 11.6 Å². The number of rotatable bonds is 4. The highest BCUT2D eigenvalue weighted by molar-refractivity contribution is 6.35. The van der Waals surface area contributed by atoms with Crippen molar-refractivity contribution in [2.45, 2.75) is 0 Å². The van der Waals surface area contributed by atoms with Gasteiger partial charge in [0.2, 0.25) is 5.78 Å². The van der Waals surface area contributed by atoms with Crippen LogP contribution in [0.2, 0.25) is 5.02 Å². The van der Waals surface area contributed by atoms with Gasteiger partial charge in [0.1, 0.15) is 17.3 Å². The number of benzene rings is 2. The lowest BCUT2D eigenvalue weighted by Crippen LogP contribution is -2.07. The smallest absolute Gasteiger partial charge is 0.201 e. The van der Waals surface area contributed by atoms with E-state index >= 15 is 0 Å². The molecule has 0 fully saturated rings. The first-order valence-corrected chi connectivity index (χ1v) is 6.17. The second-order valence-electron chi connectivity index (χ2n) is 4.00. The predicted molar refractivity (Wildman–Crippen MR) is 74.4 cm³/mol. The molecule has 0 saturated carbocycles. The number of methoxy groups -OCH3 is 2. The quantitative estimate of drug-likeness (QED) is 0.806. The summed E-state index contributed by atoms with van der Waals surface area (Å²) in [6.07, 6.45) is 0. The largest absolute Gasteiger partial charge is 0.497 e. The van der Waals surface area contributed by atoms with Gasteiger partial charge in [0.15, 0.2) is 0 Å². The molecule has 0 saturated heterocycles. The van der Waals surface area contributed by atoms with Crippen LogP contribution in [0, 0.1) is 5.82 Å². The maximum atomic E-state index is 13.7. The summed E-state index contributed by atoms with van der Waals surface area (Å²) in [6, 6.07) is 8.73. The molecule has 104 valence electrons. The zero-order valence-electron chi connectivity index (χ0n) is 10.9. The van der Waals surface area contributed by atoms with Gasteiger partial charge in [-0.15, -0.1) is 0 Å². The van der Waals surface area contributed by atoms with Crippen molar-refractivity contribution in [3.05, 3.63) is 58.4 Å². The molecule has 0 unspecified atom stereocenters. The van der Waals surface area contributed by atoms with Crippen LogP contribution < -0.4 is 9.47 Å². The maximum Gasteiger partial charge on any atom is 0.201 e. The maximum absolute atomic E-state index is 13.7. The van der Waals surface area contributed by atoms with Crippen LogP contribution in [0.1, 0.15) is 15.9 Å². The molecule has 20 heavy (non-hydrogen) atoms. The molecule has 2 rings (SSSR count). The molecule has 0 N–H and O–H groups in total. The minimum absolute atomic E-state index is 0.0575. The van der Waals surface area contributed by atoms with Gasteiger partial charge >= 0.3 is 0 Å². The predicted octanol–water partition coefficient (Wildman–Crippen LogP) is 3.73. The van der Waals surface area contributed by atoms with Crippen LogP contribution >= 0.6 is 11.6 Å². The summed E-state index contributed by atoms with van der Waals surface area (Å²) in [5.41, 5.74) is 0.0536. The Bertz CT molecular complexity index is 656. The molecule has 0 radical (unpaired) electrons. The van der Waals surface area contributed by atoms with Crippen molar-refractivity contribution >= 4 is 17.4 Å². The Morgan fingerprint density at radius 2 is 1.85 bits per heavy atom. The number of ether oxygens (including phenoxy) is 2. The van der Waals surface area contributed by atoms with Crippen molar-refractivity contribution in [1.29, 1.82) is 0 Å².